The molecule has 0 radical (unpaired) electrons. The summed E-state index contributed by atoms with van der Waals surface area (Å²) in [5, 5.41) is 19.4. The number of nitrogens with one attached hydrogen (secondary N) is 2. The van der Waals surface area contributed by atoms with Crippen molar-refractivity contribution in [3.8, 4) is 5.69 Å². The second-order valence-electron chi connectivity index (χ2n) is 6.87. The van der Waals surface area contributed by atoms with Gasteiger partial charge in [0.05, 0.1) is 11.8 Å². The van der Waals surface area contributed by atoms with Crippen molar-refractivity contribution in [3.05, 3.63) is 48.3 Å². The van der Waals surface area contributed by atoms with E-state index in [9.17, 15) is 9.90 Å². The van der Waals surface area contributed by atoms with E-state index in [1.54, 1.807) is 17.8 Å². The lowest BCUT2D eigenvalue weighted by Crippen LogP contribution is -2.41. The van der Waals surface area contributed by atoms with Gasteiger partial charge >= 0.3 is 6.03 Å². The molecular formula is C18H26N4O2. The first kappa shape index (κ1) is 18.0. The Bertz CT molecular complexity index is 651. The molecule has 0 fully saturated rings. The van der Waals surface area contributed by atoms with Crippen LogP contribution in [0, 0.1) is 5.41 Å². The second kappa shape index (κ2) is 7.97. The molecule has 2 rings (SSSR count). The highest BCUT2D eigenvalue weighted by Gasteiger charge is 2.20. The van der Waals surface area contributed by atoms with Crippen LogP contribution < -0.4 is 10.6 Å². The zero-order valence-corrected chi connectivity index (χ0v) is 14.5. The molecule has 0 aliphatic rings. The number of urea groups is 1. The lowest BCUT2D eigenvalue weighted by molar-refractivity contribution is 0.129. The minimum Gasteiger partial charge on any atom is -0.393 e. The lowest BCUT2D eigenvalue weighted by atomic mass is 9.87. The van der Waals surface area contributed by atoms with E-state index in [2.05, 4.69) is 15.7 Å². The van der Waals surface area contributed by atoms with E-state index in [1.165, 1.54) is 0 Å². The van der Waals surface area contributed by atoms with E-state index in [0.29, 0.717) is 19.5 Å². The number of rotatable bonds is 7. The van der Waals surface area contributed by atoms with Crippen LogP contribution in [0.1, 0.15) is 32.8 Å². The highest BCUT2D eigenvalue weighted by molar-refractivity contribution is 5.73. The number of aliphatic hydroxyl groups is 1. The van der Waals surface area contributed by atoms with Gasteiger partial charge in [-0.25, -0.2) is 9.48 Å². The Kier molecular flexibility index (Phi) is 5.98. The normalized spacial score (nSPS) is 12.7. The summed E-state index contributed by atoms with van der Waals surface area (Å²) in [6.07, 6.45) is 3.87. The molecule has 1 atom stereocenters. The first-order valence-corrected chi connectivity index (χ1v) is 8.14. The van der Waals surface area contributed by atoms with Crippen LogP contribution in [-0.2, 0) is 6.54 Å². The molecular weight excluding hydrogens is 304 g/mol. The van der Waals surface area contributed by atoms with Crippen molar-refractivity contribution in [1.29, 1.82) is 0 Å². The third-order valence-corrected chi connectivity index (χ3v) is 3.71. The molecule has 1 aromatic carbocycles. The number of hydrogen-bond donors (Lipinski definition) is 3. The number of aliphatic hydroxyl groups excluding tert-OH is 1. The van der Waals surface area contributed by atoms with E-state index in [-0.39, 0.29) is 17.6 Å². The van der Waals surface area contributed by atoms with Crippen molar-refractivity contribution in [3.63, 3.8) is 0 Å². The number of carbonyl (C=O) groups is 1. The van der Waals surface area contributed by atoms with Crippen LogP contribution >= 0.6 is 0 Å². The zero-order chi connectivity index (χ0) is 17.6. The van der Waals surface area contributed by atoms with Gasteiger partial charge in [-0.15, -0.1) is 0 Å². The predicted octanol–water partition coefficient (Wildman–Crippen LogP) is 2.47. The summed E-state index contributed by atoms with van der Waals surface area (Å²) in [7, 11) is 0. The predicted molar refractivity (Wildman–Crippen MR) is 93.9 cm³/mol. The Morgan fingerprint density at radius 1 is 1.33 bits per heavy atom. The zero-order valence-electron chi connectivity index (χ0n) is 14.5. The highest BCUT2D eigenvalue weighted by Crippen LogP contribution is 2.20. The van der Waals surface area contributed by atoms with Crippen molar-refractivity contribution in [1.82, 2.24) is 20.4 Å². The van der Waals surface area contributed by atoms with Crippen LogP contribution in [0.5, 0.6) is 0 Å². The van der Waals surface area contributed by atoms with E-state index >= 15 is 0 Å². The van der Waals surface area contributed by atoms with Gasteiger partial charge in [0.2, 0.25) is 0 Å². The molecule has 0 spiro atoms. The molecule has 2 aromatic rings. The Balaban J connectivity index is 1.83. The third-order valence-electron chi connectivity index (χ3n) is 3.71. The lowest BCUT2D eigenvalue weighted by Gasteiger charge is -2.26. The molecule has 0 aliphatic carbocycles. The summed E-state index contributed by atoms with van der Waals surface area (Å²) in [6.45, 7) is 6.75. The summed E-state index contributed by atoms with van der Waals surface area (Å²) in [5.41, 5.74) is 1.81. The fourth-order valence-corrected chi connectivity index (χ4v) is 2.67. The van der Waals surface area contributed by atoms with Crippen LogP contribution in [-0.4, -0.2) is 33.6 Å². The molecule has 1 aromatic heterocycles. The summed E-state index contributed by atoms with van der Waals surface area (Å²) in [5.74, 6) is 0. The Morgan fingerprint density at radius 3 is 2.79 bits per heavy atom. The molecule has 0 aliphatic heterocycles. The summed E-state index contributed by atoms with van der Waals surface area (Å²) >= 11 is 0. The Labute approximate surface area is 142 Å². The van der Waals surface area contributed by atoms with Crippen LogP contribution in [0.4, 0.5) is 4.79 Å². The second-order valence-corrected chi connectivity index (χ2v) is 6.87. The number of aromatic nitrogens is 2. The van der Waals surface area contributed by atoms with Gasteiger partial charge in [0.25, 0.3) is 0 Å². The molecule has 0 saturated heterocycles. The van der Waals surface area contributed by atoms with Crippen LogP contribution in [0.3, 0.4) is 0 Å². The SMILES string of the molecule is CC(O)CC(C)(C)CNC(=O)NCc1cccc(-n2cccn2)c1. The number of nitrogens with zero attached hydrogens (tertiary/aromatic N) is 2. The van der Waals surface area contributed by atoms with Gasteiger partial charge in [-0.1, -0.05) is 26.0 Å². The van der Waals surface area contributed by atoms with Gasteiger partial charge < -0.3 is 15.7 Å². The molecule has 6 nitrogen and oxygen atoms in total. The van der Waals surface area contributed by atoms with Crippen molar-refractivity contribution in [2.24, 2.45) is 5.41 Å². The third kappa shape index (κ3) is 5.70. The number of hydrogen-bond acceptors (Lipinski definition) is 3. The van der Waals surface area contributed by atoms with Crippen molar-refractivity contribution < 1.29 is 9.90 Å². The minimum atomic E-state index is -0.380. The molecule has 3 N–H and O–H groups in total. The maximum absolute atomic E-state index is 12.0. The van der Waals surface area contributed by atoms with E-state index in [4.69, 9.17) is 0 Å². The van der Waals surface area contributed by atoms with Crippen molar-refractivity contribution in [2.45, 2.75) is 39.8 Å². The summed E-state index contributed by atoms with van der Waals surface area (Å²) < 4.78 is 1.78. The van der Waals surface area contributed by atoms with Crippen LogP contribution in [0.25, 0.3) is 5.69 Å². The van der Waals surface area contributed by atoms with E-state index in [1.807, 2.05) is 50.4 Å². The first-order valence-electron chi connectivity index (χ1n) is 8.14. The fraction of sp³-hybridized carbons (Fsp3) is 0.444. The number of carbonyl (C=O) groups excluding carboxylic acids is 1. The largest absolute Gasteiger partial charge is 0.393 e. The minimum absolute atomic E-state index is 0.147. The Morgan fingerprint density at radius 2 is 2.12 bits per heavy atom. The summed E-state index contributed by atoms with van der Waals surface area (Å²) in [4.78, 5) is 12.0. The molecule has 130 valence electrons. The molecule has 0 bridgehead atoms. The van der Waals surface area contributed by atoms with Crippen LogP contribution in [0.15, 0.2) is 42.7 Å². The van der Waals surface area contributed by atoms with Crippen molar-refractivity contribution >= 4 is 6.03 Å². The smallest absolute Gasteiger partial charge is 0.315 e. The van der Waals surface area contributed by atoms with Crippen LogP contribution in [0.2, 0.25) is 0 Å². The molecule has 1 unspecified atom stereocenters. The number of amides is 2. The van der Waals surface area contributed by atoms with Gasteiger partial charge in [-0.2, -0.15) is 5.10 Å². The van der Waals surface area contributed by atoms with Gasteiger partial charge in [-0.05, 0) is 42.5 Å². The Hall–Kier alpha value is -2.34. The van der Waals surface area contributed by atoms with E-state index < -0.39 is 0 Å². The average Bonchev–Trinajstić information content (AvgIpc) is 3.04. The van der Waals surface area contributed by atoms with Crippen molar-refractivity contribution in [2.75, 3.05) is 6.54 Å². The van der Waals surface area contributed by atoms with Gasteiger partial charge in [0, 0.05) is 25.5 Å². The molecule has 6 heteroatoms. The standard InChI is InChI=1S/C18H26N4O2/c1-14(23)11-18(2,3)13-20-17(24)19-12-15-6-4-7-16(10-15)22-9-5-8-21-22/h4-10,14,23H,11-13H2,1-3H3,(H2,19,20,24). The topological polar surface area (TPSA) is 79.2 Å². The van der Waals surface area contributed by atoms with E-state index in [0.717, 1.165) is 11.3 Å². The highest BCUT2D eigenvalue weighted by atomic mass is 16.3. The molecule has 2 amide bonds. The maximum Gasteiger partial charge on any atom is 0.315 e. The van der Waals surface area contributed by atoms with Gasteiger partial charge in [0.1, 0.15) is 0 Å². The monoisotopic (exact) mass is 330 g/mol. The maximum atomic E-state index is 12.0. The van der Waals surface area contributed by atoms with Gasteiger partial charge in [-0.3, -0.25) is 0 Å². The molecule has 0 saturated carbocycles. The number of benzene rings is 1. The molecule has 24 heavy (non-hydrogen) atoms. The summed E-state index contributed by atoms with van der Waals surface area (Å²) in [6, 6.07) is 9.52. The van der Waals surface area contributed by atoms with Gasteiger partial charge in [0.15, 0.2) is 0 Å². The fourth-order valence-electron chi connectivity index (χ4n) is 2.67. The quantitative estimate of drug-likeness (QED) is 0.730. The first-order chi connectivity index (χ1) is 11.4. The molecule has 1 heterocycles. The average molecular weight is 330 g/mol.